The van der Waals surface area contributed by atoms with Gasteiger partial charge in [0.25, 0.3) is 0 Å². The summed E-state index contributed by atoms with van der Waals surface area (Å²) in [5, 5.41) is 12.4. The summed E-state index contributed by atoms with van der Waals surface area (Å²) >= 11 is 0. The minimum Gasteiger partial charge on any atom is -0.497 e. The predicted molar refractivity (Wildman–Crippen MR) is 117 cm³/mol. The topological polar surface area (TPSA) is 98.5 Å². The molecule has 0 saturated heterocycles. The molecule has 2 aromatic heterocycles. The summed E-state index contributed by atoms with van der Waals surface area (Å²) in [4.78, 5) is 20.8. The Bertz CT molecular complexity index is 1370. The van der Waals surface area contributed by atoms with E-state index in [4.69, 9.17) is 9.47 Å². The minimum absolute atomic E-state index is 0.0121. The molecule has 2 aromatic carbocycles. The van der Waals surface area contributed by atoms with E-state index in [2.05, 4.69) is 15.3 Å². The first kappa shape index (κ1) is 23.1. The Kier molecular flexibility index (Phi) is 6.12. The average molecular weight is 472 g/mol. The standard InChI is InChI=1S/C23H19F3N4O4/c1-13-18(23(24,25)26)9-17(33-2)10-19(13)29-22(32)30-6-5-14-7-16(3-4-20(14)30)34-21-8-15(11-31)27-12-28-21/h3-10,12,31H,11H2,1-2H3,(H,29,32). The number of benzene rings is 2. The van der Waals surface area contributed by atoms with Gasteiger partial charge in [0.2, 0.25) is 5.88 Å². The molecule has 11 heteroatoms. The fraction of sp³-hybridized carbons (Fsp3) is 0.174. The zero-order valence-corrected chi connectivity index (χ0v) is 18.1. The van der Waals surface area contributed by atoms with Crippen molar-refractivity contribution in [3.63, 3.8) is 0 Å². The van der Waals surface area contributed by atoms with Crippen LogP contribution in [0.3, 0.4) is 0 Å². The normalized spacial score (nSPS) is 11.5. The zero-order chi connectivity index (χ0) is 24.5. The Hall–Kier alpha value is -4.12. The van der Waals surface area contributed by atoms with E-state index in [1.165, 1.54) is 43.3 Å². The highest BCUT2D eigenvalue weighted by Crippen LogP contribution is 2.38. The first-order chi connectivity index (χ1) is 16.2. The molecule has 1 amide bonds. The molecule has 176 valence electrons. The number of carbonyl (C=O) groups is 1. The van der Waals surface area contributed by atoms with Crippen molar-refractivity contribution < 1.29 is 32.5 Å². The molecule has 0 aliphatic heterocycles. The van der Waals surface area contributed by atoms with Gasteiger partial charge in [-0.2, -0.15) is 13.2 Å². The molecule has 0 unspecified atom stereocenters. The Morgan fingerprint density at radius 2 is 1.91 bits per heavy atom. The van der Waals surface area contributed by atoms with Crippen LogP contribution in [0.5, 0.6) is 17.4 Å². The maximum Gasteiger partial charge on any atom is 0.416 e. The summed E-state index contributed by atoms with van der Waals surface area (Å²) in [6.07, 6.45) is -1.83. The lowest BCUT2D eigenvalue weighted by Gasteiger charge is -2.17. The average Bonchev–Trinajstić information content (AvgIpc) is 3.23. The van der Waals surface area contributed by atoms with Crippen LogP contribution in [0.25, 0.3) is 10.9 Å². The third-order valence-corrected chi connectivity index (χ3v) is 5.13. The van der Waals surface area contributed by atoms with Gasteiger partial charge in [-0.15, -0.1) is 0 Å². The van der Waals surface area contributed by atoms with Crippen molar-refractivity contribution in [3.05, 3.63) is 71.8 Å². The Labute approximate surface area is 191 Å². The molecule has 2 N–H and O–H groups in total. The lowest BCUT2D eigenvalue weighted by molar-refractivity contribution is -0.138. The molecule has 4 aromatic rings. The first-order valence-electron chi connectivity index (χ1n) is 9.97. The predicted octanol–water partition coefficient (Wildman–Crippen LogP) is 5.13. The third kappa shape index (κ3) is 4.64. The smallest absolute Gasteiger partial charge is 0.416 e. The number of hydrogen-bond acceptors (Lipinski definition) is 6. The first-order valence-corrected chi connectivity index (χ1v) is 9.97. The van der Waals surface area contributed by atoms with Gasteiger partial charge in [0, 0.05) is 29.4 Å². The van der Waals surface area contributed by atoms with Gasteiger partial charge in [-0.3, -0.25) is 4.57 Å². The number of methoxy groups -OCH3 is 1. The van der Waals surface area contributed by atoms with Crippen molar-refractivity contribution in [1.82, 2.24) is 14.5 Å². The van der Waals surface area contributed by atoms with Crippen molar-refractivity contribution in [1.29, 1.82) is 0 Å². The Balaban J connectivity index is 1.60. The molecule has 0 radical (unpaired) electrons. The second-order valence-electron chi connectivity index (χ2n) is 7.29. The van der Waals surface area contributed by atoms with E-state index in [0.717, 1.165) is 6.07 Å². The van der Waals surface area contributed by atoms with Gasteiger partial charge in [0.15, 0.2) is 0 Å². The molecule has 0 aliphatic rings. The van der Waals surface area contributed by atoms with E-state index < -0.39 is 17.8 Å². The molecule has 8 nitrogen and oxygen atoms in total. The lowest BCUT2D eigenvalue weighted by Crippen LogP contribution is -2.20. The number of nitrogens with zero attached hydrogens (tertiary/aromatic N) is 3. The fourth-order valence-electron chi connectivity index (χ4n) is 3.41. The summed E-state index contributed by atoms with van der Waals surface area (Å²) in [5.41, 5.74) is -0.117. The van der Waals surface area contributed by atoms with Crippen molar-refractivity contribution in [2.75, 3.05) is 12.4 Å². The molecule has 0 atom stereocenters. The molecule has 2 heterocycles. The van der Waals surface area contributed by atoms with E-state index >= 15 is 0 Å². The SMILES string of the molecule is COc1cc(NC(=O)n2ccc3cc(Oc4cc(CO)ncn4)ccc32)c(C)c(C(F)(F)F)c1. The van der Waals surface area contributed by atoms with Crippen molar-refractivity contribution in [3.8, 4) is 17.4 Å². The van der Waals surface area contributed by atoms with Gasteiger partial charge in [-0.1, -0.05) is 0 Å². The summed E-state index contributed by atoms with van der Waals surface area (Å²) in [7, 11) is 1.25. The summed E-state index contributed by atoms with van der Waals surface area (Å²) in [6, 6.07) is 9.68. The minimum atomic E-state index is -4.60. The number of hydrogen-bond donors (Lipinski definition) is 2. The highest BCUT2D eigenvalue weighted by molar-refractivity contribution is 5.99. The van der Waals surface area contributed by atoms with Crippen LogP contribution in [-0.2, 0) is 12.8 Å². The number of aliphatic hydroxyl groups excluding tert-OH is 1. The number of aliphatic hydroxyl groups is 1. The Morgan fingerprint density at radius 1 is 1.12 bits per heavy atom. The summed E-state index contributed by atoms with van der Waals surface area (Å²) < 4.78 is 52.1. The quantitative estimate of drug-likeness (QED) is 0.418. The van der Waals surface area contributed by atoms with Crippen LogP contribution in [0.15, 0.2) is 55.0 Å². The molecule has 0 fully saturated rings. The van der Waals surface area contributed by atoms with E-state index in [9.17, 15) is 23.1 Å². The van der Waals surface area contributed by atoms with Crippen molar-refractivity contribution in [2.24, 2.45) is 0 Å². The van der Waals surface area contributed by atoms with Crippen LogP contribution in [0.1, 0.15) is 16.8 Å². The number of aromatic nitrogens is 3. The van der Waals surface area contributed by atoms with Crippen LogP contribution in [0, 0.1) is 6.92 Å². The third-order valence-electron chi connectivity index (χ3n) is 5.13. The molecular weight excluding hydrogens is 453 g/mol. The van der Waals surface area contributed by atoms with E-state index in [0.29, 0.717) is 22.3 Å². The number of ether oxygens (including phenoxy) is 2. The fourth-order valence-corrected chi connectivity index (χ4v) is 3.41. The van der Waals surface area contributed by atoms with Gasteiger partial charge >= 0.3 is 12.2 Å². The van der Waals surface area contributed by atoms with Gasteiger partial charge < -0.3 is 19.9 Å². The van der Waals surface area contributed by atoms with Gasteiger partial charge in [0.1, 0.15) is 17.8 Å². The van der Waals surface area contributed by atoms with Crippen LogP contribution in [0.2, 0.25) is 0 Å². The van der Waals surface area contributed by atoms with Gasteiger partial charge in [-0.25, -0.2) is 14.8 Å². The van der Waals surface area contributed by atoms with E-state index in [1.807, 2.05) is 0 Å². The molecular formula is C23H19F3N4O4. The molecule has 34 heavy (non-hydrogen) atoms. The highest BCUT2D eigenvalue weighted by Gasteiger charge is 2.34. The monoisotopic (exact) mass is 472 g/mol. The second kappa shape index (κ2) is 9.02. The van der Waals surface area contributed by atoms with Gasteiger partial charge in [-0.05, 0) is 42.8 Å². The Morgan fingerprint density at radius 3 is 2.62 bits per heavy atom. The number of rotatable bonds is 5. The lowest BCUT2D eigenvalue weighted by atomic mass is 10.1. The van der Waals surface area contributed by atoms with Crippen LogP contribution in [-0.4, -0.2) is 32.8 Å². The molecule has 0 bridgehead atoms. The zero-order valence-electron chi connectivity index (χ0n) is 18.1. The molecule has 0 aliphatic carbocycles. The van der Waals surface area contributed by atoms with Crippen LogP contribution in [0.4, 0.5) is 23.7 Å². The summed E-state index contributed by atoms with van der Waals surface area (Å²) in [6.45, 7) is 1.03. The molecule has 4 rings (SSSR count). The maximum atomic E-state index is 13.4. The number of carbonyl (C=O) groups excluding carboxylic acids is 1. The second-order valence-corrected chi connectivity index (χ2v) is 7.29. The molecule has 0 spiro atoms. The van der Waals surface area contributed by atoms with Gasteiger partial charge in [0.05, 0.1) is 30.5 Å². The number of nitrogens with one attached hydrogen (secondary N) is 1. The van der Waals surface area contributed by atoms with E-state index in [-0.39, 0.29) is 29.5 Å². The largest absolute Gasteiger partial charge is 0.497 e. The number of anilines is 1. The number of amides is 1. The maximum absolute atomic E-state index is 13.4. The number of alkyl halides is 3. The van der Waals surface area contributed by atoms with Crippen LogP contribution >= 0.6 is 0 Å². The number of fused-ring (bicyclic) bond motifs is 1. The number of halogens is 3. The van der Waals surface area contributed by atoms with Crippen molar-refractivity contribution in [2.45, 2.75) is 19.7 Å². The molecule has 0 saturated carbocycles. The van der Waals surface area contributed by atoms with Crippen LogP contribution < -0.4 is 14.8 Å². The summed E-state index contributed by atoms with van der Waals surface area (Å²) in [5.74, 6) is 0.651. The van der Waals surface area contributed by atoms with E-state index in [1.54, 1.807) is 24.3 Å². The van der Waals surface area contributed by atoms with Crippen molar-refractivity contribution >= 4 is 22.6 Å². The highest BCUT2D eigenvalue weighted by atomic mass is 19.4.